The fourth-order valence-electron chi connectivity index (χ4n) is 9.30. The molecule has 3 saturated heterocycles. The van der Waals surface area contributed by atoms with Crippen LogP contribution in [-0.4, -0.2) is 70.6 Å². The van der Waals surface area contributed by atoms with Gasteiger partial charge in [-0.2, -0.15) is 0 Å². The van der Waals surface area contributed by atoms with Crippen LogP contribution in [0.5, 0.6) is 0 Å². The lowest BCUT2D eigenvalue weighted by Crippen LogP contribution is -2.76. The summed E-state index contributed by atoms with van der Waals surface area (Å²) in [6.45, 7) is 50.5. The molecule has 0 aromatic heterocycles. The average Bonchev–Trinajstić information content (AvgIpc) is 2.55. The summed E-state index contributed by atoms with van der Waals surface area (Å²) < 4.78 is 0. The summed E-state index contributed by atoms with van der Waals surface area (Å²) in [5.74, 6) is 2.97. The molecule has 0 aromatic carbocycles. The Hall–Kier alpha value is -0.120. The highest BCUT2D eigenvalue weighted by atomic mass is 15.4. The fourth-order valence-corrected chi connectivity index (χ4v) is 9.30. The summed E-state index contributed by atoms with van der Waals surface area (Å²) in [5.41, 5.74) is 4.95. The molecule has 3 aliphatic carbocycles. The van der Waals surface area contributed by atoms with E-state index in [1.54, 1.807) is 0 Å². The van der Waals surface area contributed by atoms with Crippen molar-refractivity contribution in [1.29, 1.82) is 0 Å². The summed E-state index contributed by atoms with van der Waals surface area (Å²) in [6.07, 6.45) is 9.02. The van der Waals surface area contributed by atoms with Gasteiger partial charge in [-0.05, 0) is 146 Å². The Kier molecular flexibility index (Phi) is 14.9. The Bertz CT molecular complexity index is 763. The van der Waals surface area contributed by atoms with Crippen LogP contribution < -0.4 is 0 Å². The summed E-state index contributed by atoms with van der Waals surface area (Å²) in [5, 5.41) is 0. The van der Waals surface area contributed by atoms with Crippen molar-refractivity contribution in [2.45, 2.75) is 209 Å². The minimum Gasteiger partial charge on any atom is -0.297 e. The van der Waals surface area contributed by atoms with E-state index >= 15 is 0 Å². The quantitative estimate of drug-likeness (QED) is 0.250. The highest BCUT2D eigenvalue weighted by Crippen LogP contribution is 2.67. The van der Waals surface area contributed by atoms with E-state index in [1.807, 2.05) is 0 Å². The van der Waals surface area contributed by atoms with Crippen molar-refractivity contribution < 1.29 is 0 Å². The second-order valence-electron chi connectivity index (χ2n) is 24.0. The Morgan fingerprint density at radius 2 is 0.490 bits per heavy atom. The van der Waals surface area contributed by atoms with E-state index in [0.717, 1.165) is 28.6 Å². The average molecular weight is 692 g/mol. The van der Waals surface area contributed by atoms with E-state index in [-0.39, 0.29) is 29.7 Å². The van der Waals surface area contributed by atoms with Gasteiger partial charge in [-0.15, -0.1) is 0 Å². The zero-order valence-electron chi connectivity index (χ0n) is 34.1. The Labute approximate surface area is 312 Å². The second kappa shape index (κ2) is 15.0. The van der Waals surface area contributed by atoms with Gasteiger partial charge in [-0.3, -0.25) is 14.7 Å². The normalized spacial score (nSPS) is 29.5. The van der Waals surface area contributed by atoms with Crippen LogP contribution in [0.1, 0.15) is 193 Å². The Morgan fingerprint density at radius 1 is 0.306 bits per heavy atom. The molecule has 0 N–H and O–H groups in total. The zero-order valence-corrected chi connectivity index (χ0v) is 34.1. The molecule has 0 aromatic rings. The van der Waals surface area contributed by atoms with Crippen molar-refractivity contribution in [3.8, 4) is 0 Å². The molecule has 49 heavy (non-hydrogen) atoms. The summed E-state index contributed by atoms with van der Waals surface area (Å²) in [7, 11) is 0. The molecule has 0 amide bonds. The third kappa shape index (κ3) is 11.0. The van der Waals surface area contributed by atoms with E-state index < -0.39 is 0 Å². The minimum absolute atomic E-state index is 0. The summed E-state index contributed by atoms with van der Waals surface area (Å²) in [6, 6.07) is 0. The highest BCUT2D eigenvalue weighted by Gasteiger charge is 2.58. The molecule has 3 saturated carbocycles. The van der Waals surface area contributed by atoms with Crippen molar-refractivity contribution in [2.75, 3.05) is 39.3 Å². The monoisotopic (exact) mass is 692 g/mol. The predicted molar refractivity (Wildman–Crippen MR) is 225 cm³/mol. The van der Waals surface area contributed by atoms with E-state index in [9.17, 15) is 0 Å². The topological polar surface area (TPSA) is 9.72 Å². The van der Waals surface area contributed by atoms with Crippen molar-refractivity contribution in [1.82, 2.24) is 14.7 Å². The molecule has 3 nitrogen and oxygen atoms in total. The van der Waals surface area contributed by atoms with Crippen molar-refractivity contribution in [2.24, 2.45) is 50.2 Å². The van der Waals surface area contributed by atoms with Gasteiger partial charge < -0.3 is 0 Å². The molecule has 6 rings (SSSR count). The lowest BCUT2D eigenvalue weighted by atomic mass is 9.42. The number of likely N-dealkylation sites (tertiary alicyclic amines) is 3. The largest absolute Gasteiger partial charge is 0.297 e. The molecule has 0 unspecified atom stereocenters. The second-order valence-corrected chi connectivity index (χ2v) is 24.0. The van der Waals surface area contributed by atoms with Crippen LogP contribution in [0.25, 0.3) is 0 Å². The SMILES string of the molecule is C.C.C.C.CC(C)(C)C1CC2(C1)CC(C(C)(C)C)C2.CC(C)(C)C1CC2(C1)CN(C(C)(C)C)C2.CC(C)(C)N1CC2(C1)CN(C(C)(C)C)C2. The van der Waals surface area contributed by atoms with Crippen LogP contribution in [0.4, 0.5) is 0 Å². The number of hydrogen-bond donors (Lipinski definition) is 0. The first kappa shape index (κ1) is 48.9. The van der Waals surface area contributed by atoms with Gasteiger partial charge in [0.05, 0.1) is 0 Å². The van der Waals surface area contributed by atoms with E-state index in [4.69, 9.17) is 0 Å². The van der Waals surface area contributed by atoms with Crippen molar-refractivity contribution >= 4 is 0 Å². The summed E-state index contributed by atoms with van der Waals surface area (Å²) in [4.78, 5) is 7.84. The van der Waals surface area contributed by atoms with Gasteiger partial charge in [0.25, 0.3) is 0 Å². The molecule has 0 bridgehead atoms. The first-order chi connectivity index (χ1) is 19.9. The van der Waals surface area contributed by atoms with Crippen LogP contribution in [0, 0.1) is 50.2 Å². The molecule has 0 atom stereocenters. The smallest absolute Gasteiger partial charge is 0.0213 e. The van der Waals surface area contributed by atoms with Gasteiger partial charge in [0.2, 0.25) is 0 Å². The molecule has 6 fully saturated rings. The third-order valence-electron chi connectivity index (χ3n) is 13.8. The van der Waals surface area contributed by atoms with Gasteiger partial charge in [-0.1, -0.05) is 92.0 Å². The van der Waals surface area contributed by atoms with E-state index in [2.05, 4.69) is 139 Å². The molecule has 3 heterocycles. The zero-order chi connectivity index (χ0) is 34.4. The maximum Gasteiger partial charge on any atom is 0.0213 e. The van der Waals surface area contributed by atoms with Crippen molar-refractivity contribution in [3.63, 3.8) is 0 Å². The van der Waals surface area contributed by atoms with Gasteiger partial charge in [0, 0.05) is 61.3 Å². The van der Waals surface area contributed by atoms with Gasteiger partial charge in [0.1, 0.15) is 0 Å². The molecule has 3 heteroatoms. The first-order valence-corrected chi connectivity index (χ1v) is 19.1. The maximum atomic E-state index is 2.63. The summed E-state index contributed by atoms with van der Waals surface area (Å²) >= 11 is 0. The highest BCUT2D eigenvalue weighted by molar-refractivity contribution is 5.11. The Balaban J connectivity index is 0.000000678. The van der Waals surface area contributed by atoms with Crippen LogP contribution in [-0.2, 0) is 0 Å². The predicted octanol–water partition coefficient (Wildman–Crippen LogP) is 13.2. The molecule has 6 aliphatic rings. The lowest BCUT2D eigenvalue weighted by Gasteiger charge is -2.66. The van der Waals surface area contributed by atoms with Crippen LogP contribution in [0.2, 0.25) is 0 Å². The first-order valence-electron chi connectivity index (χ1n) is 19.1. The molecule has 3 aliphatic heterocycles. The minimum atomic E-state index is 0. The number of hydrogen-bond acceptors (Lipinski definition) is 3. The van der Waals surface area contributed by atoms with Crippen molar-refractivity contribution in [3.05, 3.63) is 0 Å². The molecular weight excluding hydrogens is 595 g/mol. The third-order valence-corrected chi connectivity index (χ3v) is 13.8. The van der Waals surface area contributed by atoms with E-state index in [0.29, 0.717) is 38.3 Å². The standard InChI is InChI=1S/C15H28.C14H27N.C13H26N2.4CH4/c1-13(2,3)11-7-15(8-11)9-12(10-15)14(4,5)6;1-12(2,3)11-7-14(8-11)9-15(10-14)13(4,5)6;1-11(2,3)14-7-13(8-14)9-15(10-13)12(4,5)6;;;;/h11-12H,7-10H2,1-6H3;11H,7-10H2,1-6H3;7-10H2,1-6H3;4*1H4. The van der Waals surface area contributed by atoms with E-state index in [1.165, 1.54) is 77.8 Å². The lowest BCUT2D eigenvalue weighted by molar-refractivity contribution is -0.167. The molecule has 3 spiro atoms. The van der Waals surface area contributed by atoms with Gasteiger partial charge in [0.15, 0.2) is 0 Å². The maximum absolute atomic E-state index is 2.63. The van der Waals surface area contributed by atoms with Gasteiger partial charge >= 0.3 is 0 Å². The number of nitrogens with zero attached hydrogens (tertiary/aromatic N) is 3. The number of rotatable bonds is 0. The van der Waals surface area contributed by atoms with Crippen LogP contribution in [0.15, 0.2) is 0 Å². The molecule has 296 valence electrons. The van der Waals surface area contributed by atoms with Gasteiger partial charge in [-0.25, -0.2) is 0 Å². The molecular formula is C46H97N3. The Morgan fingerprint density at radius 3 is 0.673 bits per heavy atom. The van der Waals surface area contributed by atoms with Crippen LogP contribution in [0.3, 0.4) is 0 Å². The van der Waals surface area contributed by atoms with Crippen LogP contribution >= 0.6 is 0 Å². The molecule has 0 radical (unpaired) electrons. The fraction of sp³-hybridized carbons (Fsp3) is 1.00.